The Morgan fingerprint density at radius 3 is 2.65 bits per heavy atom. The van der Waals surface area contributed by atoms with E-state index in [1.807, 2.05) is 30.3 Å². The zero-order valence-corrected chi connectivity index (χ0v) is 13.2. The molecule has 0 saturated carbocycles. The van der Waals surface area contributed by atoms with E-state index in [0.29, 0.717) is 16.5 Å². The van der Waals surface area contributed by atoms with Crippen molar-refractivity contribution in [3.05, 3.63) is 59.1 Å². The van der Waals surface area contributed by atoms with Gasteiger partial charge in [-0.3, -0.25) is 4.79 Å². The minimum atomic E-state index is -0.460. The van der Waals surface area contributed by atoms with Gasteiger partial charge in [0.2, 0.25) is 5.91 Å². The predicted octanol–water partition coefficient (Wildman–Crippen LogP) is 2.01. The highest BCUT2D eigenvalue weighted by Gasteiger charge is 2.33. The fourth-order valence-electron chi connectivity index (χ4n) is 2.48. The van der Waals surface area contributed by atoms with Crippen LogP contribution in [-0.2, 0) is 4.79 Å². The first kappa shape index (κ1) is 15.8. The van der Waals surface area contributed by atoms with Crippen LogP contribution in [0.25, 0.3) is 0 Å². The minimum Gasteiger partial charge on any atom is -0.495 e. The van der Waals surface area contributed by atoms with Crippen LogP contribution < -0.4 is 26.4 Å². The number of anilines is 1. The maximum absolute atomic E-state index is 12.5. The summed E-state index contributed by atoms with van der Waals surface area (Å²) in [5.41, 5.74) is 10.4. The van der Waals surface area contributed by atoms with E-state index in [1.54, 1.807) is 25.3 Å². The Morgan fingerprint density at radius 1 is 1.17 bits per heavy atom. The van der Waals surface area contributed by atoms with Gasteiger partial charge in [-0.1, -0.05) is 41.9 Å². The number of rotatable bonds is 4. The molecule has 3 rings (SSSR count). The van der Waals surface area contributed by atoms with Crippen molar-refractivity contribution in [2.45, 2.75) is 12.1 Å². The van der Waals surface area contributed by atoms with Gasteiger partial charge in [-0.15, -0.1) is 0 Å². The monoisotopic (exact) mass is 332 g/mol. The van der Waals surface area contributed by atoms with Gasteiger partial charge in [0.25, 0.3) is 0 Å². The molecule has 0 aliphatic carbocycles. The molecular formula is C16H17ClN4O2. The standard InChI is InChI=1S/C16H17ClN4O2/c1-23-13-8-7-11(9-12(13)17)18-16(22)15-14(19-21-20-15)10-5-3-2-4-6-10/h2-9,14-15,19-21H,1H3,(H,18,22). The van der Waals surface area contributed by atoms with Gasteiger partial charge in [0, 0.05) is 5.69 Å². The van der Waals surface area contributed by atoms with Crippen LogP contribution in [0, 0.1) is 0 Å². The summed E-state index contributed by atoms with van der Waals surface area (Å²) in [6, 6.07) is 14.2. The zero-order valence-electron chi connectivity index (χ0n) is 12.5. The fraction of sp³-hybridized carbons (Fsp3) is 0.188. The summed E-state index contributed by atoms with van der Waals surface area (Å²) in [7, 11) is 1.55. The average molecular weight is 333 g/mol. The van der Waals surface area contributed by atoms with Crippen molar-refractivity contribution >= 4 is 23.2 Å². The number of methoxy groups -OCH3 is 1. The largest absolute Gasteiger partial charge is 0.495 e. The number of halogens is 1. The molecule has 1 saturated heterocycles. The number of benzene rings is 2. The first-order chi connectivity index (χ1) is 11.2. The van der Waals surface area contributed by atoms with Crippen molar-refractivity contribution in [3.8, 4) is 5.75 Å². The van der Waals surface area contributed by atoms with Gasteiger partial charge in [0.1, 0.15) is 11.8 Å². The number of hydrazine groups is 2. The van der Waals surface area contributed by atoms with Crippen molar-refractivity contribution < 1.29 is 9.53 Å². The fourth-order valence-corrected chi connectivity index (χ4v) is 2.74. The normalized spacial score (nSPS) is 20.3. The van der Waals surface area contributed by atoms with E-state index in [9.17, 15) is 4.79 Å². The summed E-state index contributed by atoms with van der Waals surface area (Å²) < 4.78 is 5.10. The first-order valence-corrected chi connectivity index (χ1v) is 7.52. The summed E-state index contributed by atoms with van der Waals surface area (Å²) in [6.07, 6.45) is 0. The number of hydrogen-bond acceptors (Lipinski definition) is 5. The summed E-state index contributed by atoms with van der Waals surface area (Å²) in [6.45, 7) is 0. The average Bonchev–Trinajstić information content (AvgIpc) is 3.05. The van der Waals surface area contributed by atoms with Crippen LogP contribution in [0.1, 0.15) is 11.6 Å². The summed E-state index contributed by atoms with van der Waals surface area (Å²) in [5.74, 6) is 0.395. The zero-order chi connectivity index (χ0) is 16.2. The molecule has 0 spiro atoms. The van der Waals surface area contributed by atoms with Crippen molar-refractivity contribution in [2.24, 2.45) is 0 Å². The molecule has 0 aromatic heterocycles. The molecule has 1 fully saturated rings. The molecule has 1 heterocycles. The molecule has 2 unspecified atom stereocenters. The van der Waals surface area contributed by atoms with Gasteiger partial charge in [-0.2, -0.15) is 5.53 Å². The van der Waals surface area contributed by atoms with E-state index in [0.717, 1.165) is 5.56 Å². The maximum atomic E-state index is 12.5. The number of carbonyl (C=O) groups excluding carboxylic acids is 1. The SMILES string of the molecule is COc1ccc(NC(=O)C2NNNC2c2ccccc2)cc1Cl. The third kappa shape index (κ3) is 3.46. The molecule has 1 aliphatic rings. The molecule has 0 radical (unpaired) electrons. The molecule has 6 nitrogen and oxygen atoms in total. The van der Waals surface area contributed by atoms with E-state index in [-0.39, 0.29) is 11.9 Å². The van der Waals surface area contributed by atoms with Crippen LogP contribution in [0.5, 0.6) is 5.75 Å². The van der Waals surface area contributed by atoms with Crippen LogP contribution in [0.2, 0.25) is 5.02 Å². The second-order valence-electron chi connectivity index (χ2n) is 5.12. The molecule has 0 bridgehead atoms. The number of ether oxygens (including phenoxy) is 1. The van der Waals surface area contributed by atoms with E-state index in [4.69, 9.17) is 16.3 Å². The number of hydrogen-bond donors (Lipinski definition) is 4. The van der Waals surface area contributed by atoms with E-state index >= 15 is 0 Å². The Kier molecular flexibility index (Phi) is 4.78. The highest BCUT2D eigenvalue weighted by molar-refractivity contribution is 6.32. The van der Waals surface area contributed by atoms with Crippen molar-refractivity contribution in [1.82, 2.24) is 16.4 Å². The van der Waals surface area contributed by atoms with Crippen molar-refractivity contribution in [2.75, 3.05) is 12.4 Å². The maximum Gasteiger partial charge on any atom is 0.244 e. The minimum absolute atomic E-state index is 0.169. The highest BCUT2D eigenvalue weighted by Crippen LogP contribution is 2.28. The third-order valence-corrected chi connectivity index (χ3v) is 3.94. The van der Waals surface area contributed by atoms with Gasteiger partial charge < -0.3 is 10.1 Å². The van der Waals surface area contributed by atoms with Gasteiger partial charge >= 0.3 is 0 Å². The molecule has 2 aromatic carbocycles. The first-order valence-electron chi connectivity index (χ1n) is 7.14. The van der Waals surface area contributed by atoms with E-state index in [2.05, 4.69) is 21.7 Å². The number of nitrogens with one attached hydrogen (secondary N) is 4. The third-order valence-electron chi connectivity index (χ3n) is 3.65. The summed E-state index contributed by atoms with van der Waals surface area (Å²) in [4.78, 5) is 12.5. The Balaban J connectivity index is 1.73. The lowest BCUT2D eigenvalue weighted by Crippen LogP contribution is -2.41. The quantitative estimate of drug-likeness (QED) is 0.689. The van der Waals surface area contributed by atoms with Crippen LogP contribution in [0.3, 0.4) is 0 Å². The molecule has 4 N–H and O–H groups in total. The molecule has 23 heavy (non-hydrogen) atoms. The Labute approximate surface area is 139 Å². The van der Waals surface area contributed by atoms with Gasteiger partial charge in [0.15, 0.2) is 0 Å². The van der Waals surface area contributed by atoms with Crippen molar-refractivity contribution in [1.29, 1.82) is 0 Å². The lowest BCUT2D eigenvalue weighted by Gasteiger charge is -2.18. The lowest BCUT2D eigenvalue weighted by atomic mass is 10.0. The van der Waals surface area contributed by atoms with Crippen LogP contribution >= 0.6 is 11.6 Å². The van der Waals surface area contributed by atoms with E-state index < -0.39 is 6.04 Å². The Hall–Kier alpha value is -2.12. The summed E-state index contributed by atoms with van der Waals surface area (Å²) in [5, 5.41) is 3.30. The van der Waals surface area contributed by atoms with Crippen LogP contribution in [0.4, 0.5) is 5.69 Å². The molecule has 1 aliphatic heterocycles. The molecule has 120 valence electrons. The molecule has 2 aromatic rings. The topological polar surface area (TPSA) is 74.4 Å². The number of amides is 1. The van der Waals surface area contributed by atoms with Gasteiger partial charge in [-0.05, 0) is 23.8 Å². The second-order valence-corrected chi connectivity index (χ2v) is 5.53. The Morgan fingerprint density at radius 2 is 1.96 bits per heavy atom. The van der Waals surface area contributed by atoms with Crippen molar-refractivity contribution in [3.63, 3.8) is 0 Å². The number of carbonyl (C=O) groups is 1. The Bertz CT molecular complexity index is 696. The van der Waals surface area contributed by atoms with Crippen LogP contribution in [-0.4, -0.2) is 19.1 Å². The molecule has 7 heteroatoms. The molecular weight excluding hydrogens is 316 g/mol. The molecule has 2 atom stereocenters. The molecule has 1 amide bonds. The summed E-state index contributed by atoms with van der Waals surface area (Å²) >= 11 is 6.08. The van der Waals surface area contributed by atoms with Gasteiger partial charge in [0.05, 0.1) is 18.2 Å². The van der Waals surface area contributed by atoms with Crippen LogP contribution in [0.15, 0.2) is 48.5 Å². The smallest absolute Gasteiger partial charge is 0.244 e. The lowest BCUT2D eigenvalue weighted by molar-refractivity contribution is -0.118. The predicted molar refractivity (Wildman–Crippen MR) is 89.0 cm³/mol. The second kappa shape index (κ2) is 6.97. The highest BCUT2D eigenvalue weighted by atomic mass is 35.5. The van der Waals surface area contributed by atoms with Gasteiger partial charge in [-0.25, -0.2) is 10.9 Å². The van der Waals surface area contributed by atoms with E-state index in [1.165, 1.54) is 0 Å².